The molecule has 0 saturated heterocycles. The monoisotopic (exact) mass is 450 g/mol. The Kier molecular flexibility index (Phi) is 10.9. The number of nitrogens with one attached hydrogen (secondary N) is 2. The van der Waals surface area contributed by atoms with Crippen LogP contribution >= 0.6 is 35.7 Å². The van der Waals surface area contributed by atoms with Gasteiger partial charge in [-0.25, -0.2) is 0 Å². The lowest BCUT2D eigenvalue weighted by Gasteiger charge is -2.33. The highest BCUT2D eigenvalue weighted by molar-refractivity contribution is 14.0. The standard InChI is InChI=1S/C17H30N4S.HI/c1-14(22-15-10-8-7-9-11-15)12-19-16(18-4)20-13-17(2,3)21(5)6;/h7-11,14H,12-13H2,1-6H3,(H2,18,19,20);1H. The van der Waals surface area contributed by atoms with Gasteiger partial charge in [-0.15, -0.1) is 35.7 Å². The molecule has 1 aromatic carbocycles. The quantitative estimate of drug-likeness (QED) is 0.290. The molecular weight excluding hydrogens is 419 g/mol. The molecule has 6 heteroatoms. The van der Waals surface area contributed by atoms with Crippen molar-refractivity contribution in [2.45, 2.75) is 36.5 Å². The van der Waals surface area contributed by atoms with Crippen LogP contribution < -0.4 is 10.6 Å². The van der Waals surface area contributed by atoms with Crippen LogP contribution in [-0.4, -0.2) is 55.9 Å². The Bertz CT molecular complexity index is 463. The molecule has 0 saturated carbocycles. The average Bonchev–Trinajstić information content (AvgIpc) is 2.48. The molecule has 0 heterocycles. The molecule has 1 unspecified atom stereocenters. The van der Waals surface area contributed by atoms with Crippen LogP contribution in [0.25, 0.3) is 0 Å². The maximum absolute atomic E-state index is 4.30. The molecule has 0 aliphatic carbocycles. The zero-order valence-corrected chi connectivity index (χ0v) is 18.2. The number of thioether (sulfide) groups is 1. The number of hydrogen-bond donors (Lipinski definition) is 2. The van der Waals surface area contributed by atoms with Crippen LogP contribution in [0.1, 0.15) is 20.8 Å². The molecule has 0 radical (unpaired) electrons. The number of likely N-dealkylation sites (N-methyl/N-ethyl adjacent to an activating group) is 1. The van der Waals surface area contributed by atoms with E-state index in [-0.39, 0.29) is 29.5 Å². The summed E-state index contributed by atoms with van der Waals surface area (Å²) in [6, 6.07) is 10.5. The number of halogens is 1. The van der Waals surface area contributed by atoms with Crippen molar-refractivity contribution in [2.75, 3.05) is 34.2 Å². The topological polar surface area (TPSA) is 39.7 Å². The van der Waals surface area contributed by atoms with Crippen molar-refractivity contribution in [3.8, 4) is 0 Å². The van der Waals surface area contributed by atoms with Crippen molar-refractivity contribution in [3.05, 3.63) is 30.3 Å². The van der Waals surface area contributed by atoms with Crippen LogP contribution in [-0.2, 0) is 0 Å². The number of benzene rings is 1. The Balaban J connectivity index is 0.00000484. The first-order chi connectivity index (χ1) is 10.3. The molecule has 0 aromatic heterocycles. The summed E-state index contributed by atoms with van der Waals surface area (Å²) in [6.07, 6.45) is 0. The van der Waals surface area contributed by atoms with Gasteiger partial charge in [0.2, 0.25) is 0 Å². The molecule has 1 rings (SSSR count). The zero-order valence-electron chi connectivity index (χ0n) is 15.1. The maximum Gasteiger partial charge on any atom is 0.191 e. The molecule has 23 heavy (non-hydrogen) atoms. The highest BCUT2D eigenvalue weighted by atomic mass is 127. The summed E-state index contributed by atoms with van der Waals surface area (Å²) < 4.78 is 0. The summed E-state index contributed by atoms with van der Waals surface area (Å²) >= 11 is 1.87. The second kappa shape index (κ2) is 11.1. The van der Waals surface area contributed by atoms with E-state index in [0.717, 1.165) is 19.0 Å². The molecule has 1 atom stereocenters. The normalized spacial score (nSPS) is 13.4. The molecule has 0 spiro atoms. The number of hydrogen-bond acceptors (Lipinski definition) is 3. The molecule has 132 valence electrons. The Hall–Kier alpha value is -0.470. The van der Waals surface area contributed by atoms with Crippen molar-refractivity contribution in [1.29, 1.82) is 0 Å². The summed E-state index contributed by atoms with van der Waals surface area (Å²) in [5, 5.41) is 7.27. The summed E-state index contributed by atoms with van der Waals surface area (Å²) in [5.41, 5.74) is 0.0853. The van der Waals surface area contributed by atoms with E-state index in [2.05, 4.69) is 79.7 Å². The number of guanidine groups is 1. The summed E-state index contributed by atoms with van der Waals surface area (Å²) in [4.78, 5) is 7.81. The summed E-state index contributed by atoms with van der Waals surface area (Å²) in [5.74, 6) is 0.857. The largest absolute Gasteiger partial charge is 0.355 e. The molecule has 1 aromatic rings. The van der Waals surface area contributed by atoms with Gasteiger partial charge in [-0.2, -0.15) is 0 Å². The Labute approximate surface area is 162 Å². The summed E-state index contributed by atoms with van der Waals surface area (Å²) in [7, 11) is 6.00. The van der Waals surface area contributed by atoms with Gasteiger partial charge in [-0.3, -0.25) is 4.99 Å². The lowest BCUT2D eigenvalue weighted by atomic mass is 10.0. The smallest absolute Gasteiger partial charge is 0.191 e. The molecule has 0 aliphatic rings. The predicted molar refractivity (Wildman–Crippen MR) is 114 cm³/mol. The van der Waals surface area contributed by atoms with E-state index >= 15 is 0 Å². The van der Waals surface area contributed by atoms with Gasteiger partial charge in [0, 0.05) is 35.8 Å². The third kappa shape index (κ3) is 8.81. The van der Waals surface area contributed by atoms with Crippen LogP contribution in [0.5, 0.6) is 0 Å². The lowest BCUT2D eigenvalue weighted by Crippen LogP contribution is -2.51. The van der Waals surface area contributed by atoms with E-state index in [1.54, 1.807) is 0 Å². The second-order valence-electron chi connectivity index (χ2n) is 6.26. The van der Waals surface area contributed by atoms with E-state index in [1.165, 1.54) is 4.90 Å². The van der Waals surface area contributed by atoms with E-state index in [9.17, 15) is 0 Å². The fourth-order valence-corrected chi connectivity index (χ4v) is 2.64. The molecule has 0 fully saturated rings. The van der Waals surface area contributed by atoms with Gasteiger partial charge in [0.1, 0.15) is 0 Å². The Morgan fingerprint density at radius 2 is 1.83 bits per heavy atom. The van der Waals surface area contributed by atoms with E-state index < -0.39 is 0 Å². The van der Waals surface area contributed by atoms with Crippen LogP contribution in [0, 0.1) is 0 Å². The van der Waals surface area contributed by atoms with Crippen molar-refractivity contribution in [3.63, 3.8) is 0 Å². The molecule has 4 nitrogen and oxygen atoms in total. The van der Waals surface area contributed by atoms with E-state index in [4.69, 9.17) is 0 Å². The van der Waals surface area contributed by atoms with Crippen LogP contribution in [0.3, 0.4) is 0 Å². The van der Waals surface area contributed by atoms with Crippen molar-refractivity contribution >= 4 is 41.7 Å². The minimum Gasteiger partial charge on any atom is -0.355 e. The predicted octanol–water partition coefficient (Wildman–Crippen LogP) is 3.29. The first-order valence-electron chi connectivity index (χ1n) is 7.69. The van der Waals surface area contributed by atoms with Gasteiger partial charge >= 0.3 is 0 Å². The zero-order chi connectivity index (χ0) is 16.6. The third-order valence-electron chi connectivity index (χ3n) is 3.76. The highest BCUT2D eigenvalue weighted by Crippen LogP contribution is 2.21. The fraction of sp³-hybridized carbons (Fsp3) is 0.588. The summed E-state index contributed by atoms with van der Waals surface area (Å²) in [6.45, 7) is 8.37. The van der Waals surface area contributed by atoms with E-state index in [1.807, 2.05) is 24.9 Å². The van der Waals surface area contributed by atoms with Crippen molar-refractivity contribution in [1.82, 2.24) is 15.5 Å². The number of rotatable bonds is 7. The number of nitrogens with zero attached hydrogens (tertiary/aromatic N) is 2. The van der Waals surface area contributed by atoms with Crippen molar-refractivity contribution in [2.24, 2.45) is 4.99 Å². The van der Waals surface area contributed by atoms with Gasteiger partial charge in [-0.05, 0) is 40.1 Å². The van der Waals surface area contributed by atoms with Gasteiger partial charge < -0.3 is 15.5 Å². The first kappa shape index (κ1) is 22.5. The molecule has 0 amide bonds. The Morgan fingerprint density at radius 3 is 2.35 bits per heavy atom. The van der Waals surface area contributed by atoms with Crippen LogP contribution in [0.2, 0.25) is 0 Å². The second-order valence-corrected chi connectivity index (χ2v) is 7.77. The Morgan fingerprint density at radius 1 is 1.22 bits per heavy atom. The molecule has 0 aliphatic heterocycles. The minimum absolute atomic E-state index is 0. The van der Waals surface area contributed by atoms with Gasteiger partial charge in [0.05, 0.1) is 0 Å². The van der Waals surface area contributed by atoms with Gasteiger partial charge in [0.25, 0.3) is 0 Å². The van der Waals surface area contributed by atoms with Gasteiger partial charge in [-0.1, -0.05) is 25.1 Å². The number of aliphatic imine (C=N–C) groups is 1. The maximum atomic E-state index is 4.30. The SMILES string of the molecule is CN=C(NCC(C)Sc1ccccc1)NCC(C)(C)N(C)C.I. The van der Waals surface area contributed by atoms with Crippen LogP contribution in [0.4, 0.5) is 0 Å². The highest BCUT2D eigenvalue weighted by Gasteiger charge is 2.20. The average molecular weight is 450 g/mol. The molecule has 0 bridgehead atoms. The lowest BCUT2D eigenvalue weighted by molar-refractivity contribution is 0.197. The third-order valence-corrected chi connectivity index (χ3v) is 4.87. The fourth-order valence-electron chi connectivity index (χ4n) is 1.69. The van der Waals surface area contributed by atoms with Gasteiger partial charge in [0.15, 0.2) is 5.96 Å². The molecule has 2 N–H and O–H groups in total. The minimum atomic E-state index is 0. The molecular formula is C17H31IN4S. The first-order valence-corrected chi connectivity index (χ1v) is 8.57. The van der Waals surface area contributed by atoms with Crippen LogP contribution in [0.15, 0.2) is 40.2 Å². The van der Waals surface area contributed by atoms with E-state index in [0.29, 0.717) is 5.25 Å². The van der Waals surface area contributed by atoms with Crippen molar-refractivity contribution < 1.29 is 0 Å².